The van der Waals surface area contributed by atoms with Crippen molar-refractivity contribution in [1.82, 2.24) is 19.9 Å². The number of nitrogens with one attached hydrogen (secondary N) is 2. The molecule has 0 bridgehead atoms. The van der Waals surface area contributed by atoms with Crippen LogP contribution in [0.5, 0.6) is 5.75 Å². The Morgan fingerprint density at radius 1 is 0.926 bits per heavy atom. The van der Waals surface area contributed by atoms with Gasteiger partial charge in [-0.1, -0.05) is 0 Å². The van der Waals surface area contributed by atoms with E-state index in [0.717, 1.165) is 0 Å². The van der Waals surface area contributed by atoms with Crippen LogP contribution in [-0.4, -0.2) is 33.1 Å². The van der Waals surface area contributed by atoms with Gasteiger partial charge in [-0.3, -0.25) is 9.59 Å². The number of nitrogens with zero attached hydrogens (tertiary/aromatic N) is 2. The molecule has 4 N–H and O–H groups in total. The Balaban J connectivity index is 0.000000159. The second kappa shape index (κ2) is 8.19. The van der Waals surface area contributed by atoms with Crippen molar-refractivity contribution in [2.75, 3.05) is 13.2 Å². The average molecular weight is 369 g/mol. The summed E-state index contributed by atoms with van der Waals surface area (Å²) in [6.07, 6.45) is 2.63. The predicted octanol–water partition coefficient (Wildman–Crippen LogP) is 1.32. The van der Waals surface area contributed by atoms with E-state index < -0.39 is 0 Å². The molecule has 0 atom stereocenters. The fourth-order valence-electron chi connectivity index (χ4n) is 2.36. The highest BCUT2D eigenvalue weighted by Gasteiger charge is 2.01. The highest BCUT2D eigenvalue weighted by atomic mass is 19.1. The third-order valence-electron chi connectivity index (χ3n) is 3.60. The van der Waals surface area contributed by atoms with Gasteiger partial charge in [-0.15, -0.1) is 0 Å². The molecule has 2 aromatic carbocycles. The molecule has 0 spiro atoms. The van der Waals surface area contributed by atoms with E-state index in [1.165, 1.54) is 30.9 Å². The summed E-state index contributed by atoms with van der Waals surface area (Å²) in [5.74, 6) is 0.284. The quantitative estimate of drug-likeness (QED) is 0.500. The summed E-state index contributed by atoms with van der Waals surface area (Å²) in [6, 6.07) is 9.02. The Morgan fingerprint density at radius 3 is 2.15 bits per heavy atom. The van der Waals surface area contributed by atoms with Gasteiger partial charge in [-0.2, -0.15) is 0 Å². The van der Waals surface area contributed by atoms with Gasteiger partial charge in [0.2, 0.25) is 0 Å². The van der Waals surface area contributed by atoms with Gasteiger partial charge in [0.05, 0.1) is 34.5 Å². The monoisotopic (exact) mass is 369 g/mol. The molecular weight excluding hydrogens is 353 g/mol. The molecule has 138 valence electrons. The van der Waals surface area contributed by atoms with Crippen molar-refractivity contribution in [3.05, 3.63) is 75.6 Å². The minimum absolute atomic E-state index is 0.148. The Morgan fingerprint density at radius 2 is 1.52 bits per heavy atom. The molecule has 2 heterocycles. The summed E-state index contributed by atoms with van der Waals surface area (Å²) >= 11 is 0. The molecule has 0 saturated carbocycles. The van der Waals surface area contributed by atoms with E-state index in [4.69, 9.17) is 10.5 Å². The zero-order valence-corrected chi connectivity index (χ0v) is 14.1. The summed E-state index contributed by atoms with van der Waals surface area (Å²) in [6.45, 7) is 0.912. The highest BCUT2D eigenvalue weighted by molar-refractivity contribution is 5.78. The topological polar surface area (TPSA) is 127 Å². The van der Waals surface area contributed by atoms with Crippen LogP contribution < -0.4 is 21.6 Å². The fourth-order valence-corrected chi connectivity index (χ4v) is 2.36. The Kier molecular flexibility index (Phi) is 5.53. The van der Waals surface area contributed by atoms with Crippen molar-refractivity contribution in [3.63, 3.8) is 0 Å². The molecule has 0 amide bonds. The summed E-state index contributed by atoms with van der Waals surface area (Å²) in [4.78, 5) is 35.2. The largest absolute Gasteiger partial charge is 0.492 e. The zero-order valence-electron chi connectivity index (χ0n) is 14.1. The lowest BCUT2D eigenvalue weighted by Crippen LogP contribution is -2.11. The van der Waals surface area contributed by atoms with E-state index in [1.54, 1.807) is 18.2 Å². The van der Waals surface area contributed by atoms with Gasteiger partial charge in [-0.05, 0) is 24.3 Å². The number of hydrogen-bond donors (Lipinski definition) is 3. The van der Waals surface area contributed by atoms with Crippen LogP contribution in [0.2, 0.25) is 0 Å². The maximum absolute atomic E-state index is 12.6. The number of aromatic nitrogens is 4. The van der Waals surface area contributed by atoms with E-state index in [0.29, 0.717) is 40.7 Å². The van der Waals surface area contributed by atoms with Gasteiger partial charge in [0, 0.05) is 18.7 Å². The number of H-pyrrole nitrogens is 2. The second-order valence-corrected chi connectivity index (χ2v) is 5.44. The van der Waals surface area contributed by atoms with Crippen LogP contribution in [0.4, 0.5) is 4.39 Å². The molecule has 0 aliphatic carbocycles. The first-order chi connectivity index (χ1) is 13.1. The van der Waals surface area contributed by atoms with Crippen LogP contribution in [0, 0.1) is 5.82 Å². The first kappa shape index (κ1) is 18.2. The van der Waals surface area contributed by atoms with Crippen molar-refractivity contribution in [2.24, 2.45) is 5.73 Å². The average Bonchev–Trinajstić information content (AvgIpc) is 2.67. The maximum Gasteiger partial charge on any atom is 0.258 e. The SMILES string of the molecule is NCCOc1ccc2c(=O)[nH]cnc2c1.O=c1[nH]cnc2cc(F)ccc12. The third kappa shape index (κ3) is 4.33. The van der Waals surface area contributed by atoms with Crippen LogP contribution in [0.25, 0.3) is 21.8 Å². The van der Waals surface area contributed by atoms with Crippen LogP contribution in [0.15, 0.2) is 58.6 Å². The van der Waals surface area contributed by atoms with Crippen LogP contribution in [0.3, 0.4) is 0 Å². The number of hydrogen-bond acceptors (Lipinski definition) is 6. The highest BCUT2D eigenvalue weighted by Crippen LogP contribution is 2.15. The normalized spacial score (nSPS) is 10.4. The van der Waals surface area contributed by atoms with Crippen molar-refractivity contribution in [2.45, 2.75) is 0 Å². The molecule has 0 aliphatic heterocycles. The molecule has 8 nitrogen and oxygen atoms in total. The summed E-state index contributed by atoms with van der Waals surface area (Å²) in [5, 5.41) is 0.955. The van der Waals surface area contributed by atoms with E-state index in [2.05, 4.69) is 19.9 Å². The predicted molar refractivity (Wildman–Crippen MR) is 99.2 cm³/mol. The molecular formula is C18H16FN5O3. The molecule has 0 fully saturated rings. The van der Waals surface area contributed by atoms with Gasteiger partial charge in [0.15, 0.2) is 0 Å². The lowest BCUT2D eigenvalue weighted by molar-refractivity contribution is 0.328. The molecule has 0 radical (unpaired) electrons. The molecule has 4 aromatic rings. The van der Waals surface area contributed by atoms with E-state index in [-0.39, 0.29) is 16.9 Å². The first-order valence-electron chi connectivity index (χ1n) is 8.02. The number of fused-ring (bicyclic) bond motifs is 2. The van der Waals surface area contributed by atoms with Crippen molar-refractivity contribution in [1.29, 1.82) is 0 Å². The maximum atomic E-state index is 12.6. The van der Waals surface area contributed by atoms with Gasteiger partial charge in [0.25, 0.3) is 11.1 Å². The standard InChI is InChI=1S/C10H11N3O2.C8H5FN2O/c11-3-4-15-7-1-2-8-9(5-7)12-6-13-10(8)14;9-5-1-2-6-7(3-5)10-4-11-8(6)12/h1-2,5-6H,3-4,11H2,(H,12,13,14);1-4H,(H,10,11,12). The minimum Gasteiger partial charge on any atom is -0.492 e. The number of aromatic amines is 2. The lowest BCUT2D eigenvalue weighted by atomic mass is 10.2. The molecule has 0 unspecified atom stereocenters. The fraction of sp³-hybridized carbons (Fsp3) is 0.111. The number of ether oxygens (including phenoxy) is 1. The minimum atomic E-state index is -0.388. The van der Waals surface area contributed by atoms with Crippen molar-refractivity contribution in [3.8, 4) is 5.75 Å². The van der Waals surface area contributed by atoms with Crippen LogP contribution in [-0.2, 0) is 0 Å². The van der Waals surface area contributed by atoms with Gasteiger partial charge in [-0.25, -0.2) is 14.4 Å². The van der Waals surface area contributed by atoms with E-state index in [1.807, 2.05) is 0 Å². The summed E-state index contributed by atoms with van der Waals surface area (Å²) in [5.41, 5.74) is 5.91. The number of nitrogens with two attached hydrogens (primary N) is 1. The molecule has 9 heteroatoms. The molecule has 0 saturated heterocycles. The molecule has 4 rings (SSSR count). The molecule has 0 aliphatic rings. The number of halogens is 1. The first-order valence-corrected chi connectivity index (χ1v) is 8.02. The van der Waals surface area contributed by atoms with Gasteiger partial charge >= 0.3 is 0 Å². The molecule has 2 aromatic heterocycles. The lowest BCUT2D eigenvalue weighted by Gasteiger charge is -2.04. The third-order valence-corrected chi connectivity index (χ3v) is 3.60. The number of benzene rings is 2. The summed E-state index contributed by atoms with van der Waals surface area (Å²) < 4.78 is 17.9. The summed E-state index contributed by atoms with van der Waals surface area (Å²) in [7, 11) is 0. The van der Waals surface area contributed by atoms with E-state index >= 15 is 0 Å². The number of rotatable bonds is 3. The van der Waals surface area contributed by atoms with Crippen LogP contribution in [0.1, 0.15) is 0 Å². The van der Waals surface area contributed by atoms with Crippen molar-refractivity contribution >= 4 is 21.8 Å². The van der Waals surface area contributed by atoms with Gasteiger partial charge in [0.1, 0.15) is 18.2 Å². The van der Waals surface area contributed by atoms with Gasteiger partial charge < -0.3 is 20.4 Å². The Hall–Kier alpha value is -3.59. The van der Waals surface area contributed by atoms with E-state index in [9.17, 15) is 14.0 Å². The van der Waals surface area contributed by atoms with Crippen LogP contribution >= 0.6 is 0 Å². The Bertz CT molecular complexity index is 1190. The van der Waals surface area contributed by atoms with Crippen molar-refractivity contribution < 1.29 is 9.13 Å². The second-order valence-electron chi connectivity index (χ2n) is 5.44. The molecule has 27 heavy (non-hydrogen) atoms. The smallest absolute Gasteiger partial charge is 0.258 e. The zero-order chi connectivity index (χ0) is 19.2. The Labute approximate surface area is 151 Å².